The first-order chi connectivity index (χ1) is 25.8. The molecular formula is C50H34BN. The van der Waals surface area contributed by atoms with Crippen molar-refractivity contribution in [1.29, 1.82) is 0 Å². The van der Waals surface area contributed by atoms with Gasteiger partial charge in [-0.05, 0) is 69.5 Å². The van der Waals surface area contributed by atoms with Crippen LogP contribution >= 0.6 is 0 Å². The molecule has 0 radical (unpaired) electrons. The van der Waals surface area contributed by atoms with Crippen molar-refractivity contribution in [2.45, 2.75) is 12.8 Å². The molecule has 2 aliphatic rings. The molecule has 52 heavy (non-hydrogen) atoms. The second-order valence-corrected chi connectivity index (χ2v) is 14.4. The van der Waals surface area contributed by atoms with Crippen LogP contribution in [0.15, 0.2) is 182 Å². The minimum absolute atomic E-state index is 0.217. The monoisotopic (exact) mass is 659 g/mol. The Kier molecular flexibility index (Phi) is 6.54. The fourth-order valence-corrected chi connectivity index (χ4v) is 9.33. The Labute approximate surface area is 304 Å². The summed E-state index contributed by atoms with van der Waals surface area (Å²) in [5, 5.41) is 2.56. The van der Waals surface area contributed by atoms with Gasteiger partial charge in [-0.1, -0.05) is 186 Å². The Morgan fingerprint density at radius 3 is 1.48 bits per heavy atom. The summed E-state index contributed by atoms with van der Waals surface area (Å²) in [6.07, 6.45) is 1.86. The highest BCUT2D eigenvalue weighted by Gasteiger charge is 2.37. The molecule has 0 fully saturated rings. The lowest BCUT2D eigenvalue weighted by atomic mass is 9.30. The van der Waals surface area contributed by atoms with Gasteiger partial charge >= 0.3 is 0 Å². The average Bonchev–Trinajstić information content (AvgIpc) is 3.56. The largest absolute Gasteiger partial charge is 0.308 e. The van der Waals surface area contributed by atoms with E-state index in [2.05, 4.69) is 187 Å². The van der Waals surface area contributed by atoms with E-state index in [9.17, 15) is 0 Å². The van der Waals surface area contributed by atoms with Gasteiger partial charge in [-0.25, -0.2) is 0 Å². The summed E-state index contributed by atoms with van der Waals surface area (Å²) in [5.41, 5.74) is 21.4. The molecule has 0 spiro atoms. The van der Waals surface area contributed by atoms with Crippen molar-refractivity contribution >= 4 is 44.9 Å². The zero-order valence-electron chi connectivity index (χ0n) is 28.8. The van der Waals surface area contributed by atoms with Gasteiger partial charge in [0.1, 0.15) is 0 Å². The predicted molar refractivity (Wildman–Crippen MR) is 220 cm³/mol. The number of rotatable bonds is 4. The molecule has 1 aromatic heterocycles. The molecule has 9 aromatic rings. The number of nitrogens with zero attached hydrogens (tertiary/aromatic N) is 1. The van der Waals surface area contributed by atoms with E-state index in [4.69, 9.17) is 0 Å². The third-order valence-electron chi connectivity index (χ3n) is 11.6. The van der Waals surface area contributed by atoms with Crippen molar-refractivity contribution < 1.29 is 0 Å². The Balaban J connectivity index is 1.21. The maximum atomic E-state index is 2.59. The highest BCUT2D eigenvalue weighted by atomic mass is 15.0. The van der Waals surface area contributed by atoms with E-state index in [1.54, 1.807) is 0 Å². The Morgan fingerprint density at radius 2 is 0.885 bits per heavy atom. The quantitative estimate of drug-likeness (QED) is 0.166. The molecule has 1 nitrogen and oxygen atoms in total. The molecule has 0 atom stereocenters. The summed E-state index contributed by atoms with van der Waals surface area (Å²) >= 11 is 0. The second kappa shape index (κ2) is 11.6. The summed E-state index contributed by atoms with van der Waals surface area (Å²) in [5.74, 6) is 0. The molecule has 0 amide bonds. The van der Waals surface area contributed by atoms with Crippen LogP contribution in [0.4, 0.5) is 0 Å². The zero-order chi connectivity index (χ0) is 34.2. The van der Waals surface area contributed by atoms with Crippen molar-refractivity contribution in [3.05, 3.63) is 204 Å². The average molecular weight is 660 g/mol. The molecule has 2 heteroatoms. The number of benzene rings is 8. The van der Waals surface area contributed by atoms with Crippen LogP contribution in [0.25, 0.3) is 60.9 Å². The molecule has 242 valence electrons. The molecule has 0 unspecified atom stereocenters. The number of hydrogen-bond acceptors (Lipinski definition) is 0. The summed E-state index contributed by atoms with van der Waals surface area (Å²) in [4.78, 5) is 0. The van der Waals surface area contributed by atoms with Gasteiger partial charge < -0.3 is 4.57 Å². The Hall–Kier alpha value is -6.38. The fraction of sp³-hybridized carbons (Fsp3) is 0.0400. The second-order valence-electron chi connectivity index (χ2n) is 14.4. The van der Waals surface area contributed by atoms with Crippen molar-refractivity contribution in [2.24, 2.45) is 0 Å². The van der Waals surface area contributed by atoms with Crippen LogP contribution in [0, 0.1) is 0 Å². The normalized spacial score (nSPS) is 12.8. The van der Waals surface area contributed by atoms with Gasteiger partial charge in [-0.3, -0.25) is 0 Å². The summed E-state index contributed by atoms with van der Waals surface area (Å²) in [6.45, 7) is 0.217. The molecule has 0 saturated heterocycles. The van der Waals surface area contributed by atoms with Crippen LogP contribution in [-0.2, 0) is 12.8 Å². The smallest absolute Gasteiger partial charge is 0.242 e. The molecule has 0 aliphatic carbocycles. The molecule has 0 saturated carbocycles. The van der Waals surface area contributed by atoms with Gasteiger partial charge in [0.2, 0.25) is 6.71 Å². The summed E-state index contributed by atoms with van der Waals surface area (Å²) < 4.78 is 2.59. The van der Waals surface area contributed by atoms with E-state index in [1.807, 2.05) is 0 Å². The third-order valence-corrected chi connectivity index (χ3v) is 11.6. The van der Waals surface area contributed by atoms with Crippen LogP contribution in [0.5, 0.6) is 0 Å². The first kappa shape index (κ1) is 29.4. The molecular weight excluding hydrogens is 625 g/mol. The van der Waals surface area contributed by atoms with E-state index in [0.717, 1.165) is 12.8 Å². The highest BCUT2D eigenvalue weighted by molar-refractivity contribution is 6.97. The zero-order valence-corrected chi connectivity index (χ0v) is 28.8. The van der Waals surface area contributed by atoms with E-state index >= 15 is 0 Å². The first-order valence-corrected chi connectivity index (χ1v) is 18.4. The van der Waals surface area contributed by atoms with Gasteiger partial charge in [0.15, 0.2) is 0 Å². The molecule has 11 rings (SSSR count). The number of aromatic nitrogens is 1. The Bertz CT molecular complexity index is 2720. The van der Waals surface area contributed by atoms with E-state index < -0.39 is 0 Å². The minimum atomic E-state index is 0.217. The van der Waals surface area contributed by atoms with Gasteiger partial charge in [0.25, 0.3) is 0 Å². The van der Waals surface area contributed by atoms with Crippen molar-refractivity contribution in [3.8, 4) is 39.1 Å². The molecule has 3 heterocycles. The van der Waals surface area contributed by atoms with Gasteiger partial charge in [0, 0.05) is 27.6 Å². The molecule has 8 aromatic carbocycles. The van der Waals surface area contributed by atoms with E-state index in [-0.39, 0.29) is 6.71 Å². The van der Waals surface area contributed by atoms with Gasteiger partial charge in [-0.2, -0.15) is 0 Å². The highest BCUT2D eigenvalue weighted by Crippen LogP contribution is 2.42. The van der Waals surface area contributed by atoms with Crippen LogP contribution in [0.2, 0.25) is 0 Å². The first-order valence-electron chi connectivity index (χ1n) is 18.4. The summed E-state index contributed by atoms with van der Waals surface area (Å²) in [7, 11) is 0. The van der Waals surface area contributed by atoms with E-state index in [0.29, 0.717) is 0 Å². The lowest BCUT2D eigenvalue weighted by Crippen LogP contribution is -2.61. The van der Waals surface area contributed by atoms with Crippen molar-refractivity contribution in [3.63, 3.8) is 0 Å². The predicted octanol–water partition coefficient (Wildman–Crippen LogP) is 10.1. The lowest BCUT2D eigenvalue weighted by Gasteiger charge is -2.35. The van der Waals surface area contributed by atoms with Gasteiger partial charge in [-0.15, -0.1) is 0 Å². The van der Waals surface area contributed by atoms with E-state index in [1.165, 1.54) is 99.5 Å². The minimum Gasteiger partial charge on any atom is -0.308 e. The third kappa shape index (κ3) is 4.44. The fourth-order valence-electron chi connectivity index (χ4n) is 9.33. The van der Waals surface area contributed by atoms with Crippen LogP contribution < -0.4 is 16.4 Å². The maximum Gasteiger partial charge on any atom is 0.242 e. The number of hydrogen-bond donors (Lipinski definition) is 0. The number of para-hydroxylation sites is 2. The Morgan fingerprint density at radius 1 is 0.365 bits per heavy atom. The van der Waals surface area contributed by atoms with Gasteiger partial charge in [0.05, 0.1) is 11.0 Å². The van der Waals surface area contributed by atoms with Crippen molar-refractivity contribution in [1.82, 2.24) is 4.57 Å². The molecule has 0 bridgehead atoms. The maximum absolute atomic E-state index is 2.59. The molecule has 0 N–H and O–H groups in total. The number of fused-ring (bicyclic) bond motifs is 7. The standard InChI is InChI=1S/C50H34BN/c1-4-14-33(15-5-1)36-26-27-38-29-40-31-41(30-39-28-37-20-10-11-25-46(37)51(48(39)40)47(38)32-36)52-49-42(34-16-6-2-7-17-34)21-12-23-44(49)45-24-13-22-43(50(45)52)35-18-8-3-9-19-35/h1-27,30-32H,28-29H2. The van der Waals surface area contributed by atoms with Crippen LogP contribution in [0.1, 0.15) is 22.3 Å². The van der Waals surface area contributed by atoms with Crippen molar-refractivity contribution in [2.75, 3.05) is 0 Å². The SMILES string of the molecule is c1ccc(-c2ccc3c(c2)B2c4ccccc4Cc4cc(-n5c6c(-c7ccccc7)cccc6c6cccc(-c7ccccc7)c65)cc(c42)C3)cc1. The van der Waals surface area contributed by atoms with Crippen LogP contribution in [-0.4, -0.2) is 11.3 Å². The molecule has 2 aliphatic heterocycles. The van der Waals surface area contributed by atoms with Crippen LogP contribution in [0.3, 0.4) is 0 Å². The lowest BCUT2D eigenvalue weighted by molar-refractivity contribution is 1.10. The summed E-state index contributed by atoms with van der Waals surface area (Å²) in [6, 6.07) is 67.7. The topological polar surface area (TPSA) is 4.93 Å².